The van der Waals surface area contributed by atoms with Crippen molar-refractivity contribution in [2.45, 2.75) is 12.5 Å². The number of hydrogen-bond acceptors (Lipinski definition) is 3. The Morgan fingerprint density at radius 1 is 1.55 bits per heavy atom. The molecule has 11 heavy (non-hydrogen) atoms. The van der Waals surface area contributed by atoms with Crippen LogP contribution in [0.25, 0.3) is 0 Å². The monoisotopic (exact) mass is 158 g/mol. The van der Waals surface area contributed by atoms with Gasteiger partial charge >= 0.3 is 0 Å². The van der Waals surface area contributed by atoms with Crippen molar-refractivity contribution in [3.63, 3.8) is 0 Å². The Labute approximate surface area is 66.6 Å². The molecule has 3 heteroatoms. The molecule has 64 valence electrons. The zero-order valence-electron chi connectivity index (χ0n) is 6.53. The highest BCUT2D eigenvalue weighted by molar-refractivity contribution is 4.87. The maximum atomic E-state index is 8.35. The lowest BCUT2D eigenvalue weighted by Crippen LogP contribution is -1.98. The normalized spacial score (nSPS) is 22.8. The van der Waals surface area contributed by atoms with E-state index in [1.54, 1.807) is 0 Å². The summed E-state index contributed by atoms with van der Waals surface area (Å²) in [5.74, 6) is 0. The first-order valence-electron chi connectivity index (χ1n) is 3.88. The predicted molar refractivity (Wildman–Crippen MR) is 41.4 cm³/mol. The molecule has 0 bridgehead atoms. The first-order valence-corrected chi connectivity index (χ1v) is 3.88. The summed E-state index contributed by atoms with van der Waals surface area (Å²) in [6, 6.07) is 0. The summed E-state index contributed by atoms with van der Waals surface area (Å²) in [5.41, 5.74) is 0. The first kappa shape index (κ1) is 8.71. The summed E-state index contributed by atoms with van der Waals surface area (Å²) in [6.07, 6.45) is 5.46. The zero-order chi connectivity index (χ0) is 7.94. The molecule has 1 aliphatic heterocycles. The number of aliphatic hydroxyl groups is 1. The van der Waals surface area contributed by atoms with Gasteiger partial charge in [-0.2, -0.15) is 0 Å². The highest BCUT2D eigenvalue weighted by atomic mass is 16.6. The summed E-state index contributed by atoms with van der Waals surface area (Å²) < 4.78 is 10.0. The van der Waals surface area contributed by atoms with E-state index < -0.39 is 0 Å². The van der Waals surface area contributed by atoms with Gasteiger partial charge in [-0.3, -0.25) is 0 Å². The molecule has 1 fully saturated rings. The highest BCUT2D eigenvalue weighted by Gasteiger charge is 2.19. The van der Waals surface area contributed by atoms with Gasteiger partial charge in [0, 0.05) is 0 Å². The third kappa shape index (κ3) is 4.95. The molecule has 1 saturated heterocycles. The molecule has 0 amide bonds. The second-order valence-corrected chi connectivity index (χ2v) is 2.46. The Kier molecular flexibility index (Phi) is 4.19. The molecule has 0 saturated carbocycles. The Morgan fingerprint density at radius 2 is 2.36 bits per heavy atom. The maximum Gasteiger partial charge on any atom is 0.0844 e. The van der Waals surface area contributed by atoms with Crippen LogP contribution in [0.4, 0.5) is 0 Å². The Bertz CT molecular complexity index is 119. The van der Waals surface area contributed by atoms with Crippen molar-refractivity contribution >= 4 is 0 Å². The first-order chi connectivity index (χ1) is 5.43. The van der Waals surface area contributed by atoms with E-state index in [-0.39, 0.29) is 6.61 Å². The lowest BCUT2D eigenvalue weighted by molar-refractivity contribution is 0.112. The molecule has 0 aromatic rings. The molecule has 1 unspecified atom stereocenters. The Balaban J connectivity index is 1.80. The van der Waals surface area contributed by atoms with Crippen LogP contribution in [0, 0.1) is 0 Å². The van der Waals surface area contributed by atoms with E-state index in [0.717, 1.165) is 13.0 Å². The number of aliphatic hydroxyl groups excluding tert-OH is 1. The van der Waals surface area contributed by atoms with Crippen LogP contribution in [0.5, 0.6) is 0 Å². The third-order valence-corrected chi connectivity index (χ3v) is 1.42. The van der Waals surface area contributed by atoms with E-state index in [0.29, 0.717) is 19.3 Å². The number of epoxide rings is 1. The van der Waals surface area contributed by atoms with Crippen LogP contribution in [0.3, 0.4) is 0 Å². The lowest BCUT2D eigenvalue weighted by atomic mass is 10.3. The van der Waals surface area contributed by atoms with Gasteiger partial charge in [0.2, 0.25) is 0 Å². The van der Waals surface area contributed by atoms with E-state index in [9.17, 15) is 0 Å². The molecule has 0 aromatic carbocycles. The van der Waals surface area contributed by atoms with Crippen LogP contribution in [0.1, 0.15) is 6.42 Å². The van der Waals surface area contributed by atoms with E-state index in [2.05, 4.69) is 6.08 Å². The van der Waals surface area contributed by atoms with Gasteiger partial charge in [0.25, 0.3) is 0 Å². The fourth-order valence-corrected chi connectivity index (χ4v) is 0.736. The fourth-order valence-electron chi connectivity index (χ4n) is 0.736. The van der Waals surface area contributed by atoms with Crippen LogP contribution in [0.15, 0.2) is 12.2 Å². The van der Waals surface area contributed by atoms with Crippen LogP contribution >= 0.6 is 0 Å². The van der Waals surface area contributed by atoms with Gasteiger partial charge in [-0.25, -0.2) is 0 Å². The molecule has 1 aliphatic rings. The van der Waals surface area contributed by atoms with Gasteiger partial charge in [-0.15, -0.1) is 0 Å². The molecule has 1 rings (SSSR count). The highest BCUT2D eigenvalue weighted by Crippen LogP contribution is 2.13. The average molecular weight is 158 g/mol. The van der Waals surface area contributed by atoms with Gasteiger partial charge in [-0.1, -0.05) is 12.2 Å². The minimum Gasteiger partial charge on any atom is -0.394 e. The largest absolute Gasteiger partial charge is 0.394 e. The van der Waals surface area contributed by atoms with Gasteiger partial charge < -0.3 is 14.6 Å². The Morgan fingerprint density at radius 3 is 3.00 bits per heavy atom. The van der Waals surface area contributed by atoms with E-state index in [4.69, 9.17) is 14.6 Å². The minimum absolute atomic E-state index is 0.0968. The fraction of sp³-hybridized carbons (Fsp3) is 0.750. The van der Waals surface area contributed by atoms with Crippen molar-refractivity contribution < 1.29 is 14.6 Å². The van der Waals surface area contributed by atoms with E-state index in [1.807, 2.05) is 6.08 Å². The molecular formula is C8H14O3. The SMILES string of the molecule is OCCOCC=CCC1CO1. The van der Waals surface area contributed by atoms with Gasteiger partial charge in [0.05, 0.1) is 32.5 Å². The summed E-state index contributed by atoms with van der Waals surface area (Å²) in [7, 11) is 0. The van der Waals surface area contributed by atoms with Crippen molar-refractivity contribution in [1.82, 2.24) is 0 Å². The van der Waals surface area contributed by atoms with Gasteiger partial charge in [-0.05, 0) is 6.42 Å². The lowest BCUT2D eigenvalue weighted by Gasteiger charge is -1.94. The van der Waals surface area contributed by atoms with Crippen molar-refractivity contribution in [2.24, 2.45) is 0 Å². The van der Waals surface area contributed by atoms with Crippen LogP contribution < -0.4 is 0 Å². The molecule has 0 aliphatic carbocycles. The molecular weight excluding hydrogens is 144 g/mol. The summed E-state index contributed by atoms with van der Waals surface area (Å²) in [4.78, 5) is 0. The molecule has 0 radical (unpaired) electrons. The third-order valence-electron chi connectivity index (χ3n) is 1.42. The quantitative estimate of drug-likeness (QED) is 0.344. The van der Waals surface area contributed by atoms with E-state index in [1.165, 1.54) is 0 Å². The molecule has 1 heterocycles. The standard InChI is InChI=1S/C8H14O3/c9-4-6-10-5-2-1-3-8-7-11-8/h1-2,8-9H,3-7H2. The topological polar surface area (TPSA) is 42.0 Å². The van der Waals surface area contributed by atoms with E-state index >= 15 is 0 Å². The van der Waals surface area contributed by atoms with Crippen molar-refractivity contribution in [2.75, 3.05) is 26.4 Å². The van der Waals surface area contributed by atoms with Crippen molar-refractivity contribution in [3.05, 3.63) is 12.2 Å². The molecule has 0 spiro atoms. The predicted octanol–water partition coefficient (Wildman–Crippen LogP) is 0.340. The molecule has 3 nitrogen and oxygen atoms in total. The summed E-state index contributed by atoms with van der Waals surface area (Å²) in [5, 5.41) is 8.35. The zero-order valence-corrected chi connectivity index (χ0v) is 6.53. The average Bonchev–Trinajstić information content (AvgIpc) is 2.80. The van der Waals surface area contributed by atoms with Crippen LogP contribution in [0.2, 0.25) is 0 Å². The molecule has 1 N–H and O–H groups in total. The van der Waals surface area contributed by atoms with Crippen molar-refractivity contribution in [3.8, 4) is 0 Å². The van der Waals surface area contributed by atoms with Crippen molar-refractivity contribution in [1.29, 1.82) is 0 Å². The van der Waals surface area contributed by atoms with Crippen LogP contribution in [-0.2, 0) is 9.47 Å². The second kappa shape index (κ2) is 5.29. The molecule has 1 atom stereocenters. The number of ether oxygens (including phenoxy) is 2. The maximum absolute atomic E-state index is 8.35. The summed E-state index contributed by atoms with van der Waals surface area (Å²) in [6.45, 7) is 2.01. The van der Waals surface area contributed by atoms with Crippen LogP contribution in [-0.4, -0.2) is 37.6 Å². The molecule has 0 aromatic heterocycles. The summed E-state index contributed by atoms with van der Waals surface area (Å²) >= 11 is 0. The Hall–Kier alpha value is -0.380. The van der Waals surface area contributed by atoms with Gasteiger partial charge in [0.15, 0.2) is 0 Å². The number of rotatable bonds is 6. The minimum atomic E-state index is 0.0968. The number of hydrogen-bond donors (Lipinski definition) is 1. The smallest absolute Gasteiger partial charge is 0.0844 e. The second-order valence-electron chi connectivity index (χ2n) is 2.46. The van der Waals surface area contributed by atoms with Gasteiger partial charge in [0.1, 0.15) is 0 Å².